The fraction of sp³-hybridized carbons (Fsp3) is 0.353. The second-order valence-electron chi connectivity index (χ2n) is 5.56. The molecule has 0 amide bonds. The van der Waals surface area contributed by atoms with E-state index in [1.54, 1.807) is 0 Å². The van der Waals surface area contributed by atoms with Crippen molar-refractivity contribution in [2.75, 3.05) is 20.7 Å². The molecule has 0 spiro atoms. The second-order valence-corrected chi connectivity index (χ2v) is 5.56. The molecule has 0 saturated heterocycles. The molecular weight excluding hydrogens is 266 g/mol. The lowest BCUT2D eigenvalue weighted by Crippen LogP contribution is -2.21. The van der Waals surface area contributed by atoms with Crippen molar-refractivity contribution in [2.24, 2.45) is 0 Å². The molecular formula is C17H19NO3. The van der Waals surface area contributed by atoms with Gasteiger partial charge in [0.1, 0.15) is 11.3 Å². The van der Waals surface area contributed by atoms with Crippen molar-refractivity contribution in [3.63, 3.8) is 0 Å². The first kappa shape index (κ1) is 13.7. The lowest BCUT2D eigenvalue weighted by molar-refractivity contribution is -0.136. The number of esters is 1. The van der Waals surface area contributed by atoms with Crippen LogP contribution in [0.25, 0.3) is 11.0 Å². The Morgan fingerprint density at radius 2 is 2.19 bits per heavy atom. The van der Waals surface area contributed by atoms with E-state index < -0.39 is 0 Å². The van der Waals surface area contributed by atoms with Gasteiger partial charge in [0.2, 0.25) is 0 Å². The average molecular weight is 285 g/mol. The Balaban J connectivity index is 2.10. The Morgan fingerprint density at radius 1 is 1.38 bits per heavy atom. The first-order valence-corrected chi connectivity index (χ1v) is 7.08. The molecule has 0 saturated carbocycles. The number of aryl methyl sites for hydroxylation is 1. The third-order valence-corrected chi connectivity index (χ3v) is 3.92. The third-order valence-electron chi connectivity index (χ3n) is 3.92. The fourth-order valence-electron chi connectivity index (χ4n) is 2.82. The first-order valence-electron chi connectivity index (χ1n) is 7.08. The molecule has 0 atom stereocenters. The summed E-state index contributed by atoms with van der Waals surface area (Å²) in [6, 6.07) is 6.25. The summed E-state index contributed by atoms with van der Waals surface area (Å²) < 4.78 is 10.9. The SMILES string of the molecule is COC(=O)/C1=C/N(C)CCc2c(oc3cc(C)ccc23)C1. The molecule has 0 bridgehead atoms. The summed E-state index contributed by atoms with van der Waals surface area (Å²) in [7, 11) is 3.38. The van der Waals surface area contributed by atoms with Gasteiger partial charge in [-0.1, -0.05) is 12.1 Å². The van der Waals surface area contributed by atoms with Crippen LogP contribution in [0.3, 0.4) is 0 Å². The lowest BCUT2D eigenvalue weighted by Gasteiger charge is -2.19. The van der Waals surface area contributed by atoms with Crippen molar-refractivity contribution >= 4 is 16.9 Å². The highest BCUT2D eigenvalue weighted by atomic mass is 16.5. The van der Waals surface area contributed by atoms with Crippen LogP contribution in [0.2, 0.25) is 0 Å². The molecule has 0 aliphatic carbocycles. The molecule has 0 radical (unpaired) electrons. The number of likely N-dealkylation sites (N-methyl/N-ethyl adjacent to an activating group) is 1. The number of nitrogens with zero attached hydrogens (tertiary/aromatic N) is 1. The molecule has 4 heteroatoms. The van der Waals surface area contributed by atoms with Gasteiger partial charge in [0, 0.05) is 37.2 Å². The Kier molecular flexibility index (Phi) is 3.45. The second kappa shape index (κ2) is 5.28. The molecule has 1 aromatic heterocycles. The van der Waals surface area contributed by atoms with E-state index in [9.17, 15) is 4.79 Å². The molecule has 3 rings (SSSR count). The van der Waals surface area contributed by atoms with Crippen molar-refractivity contribution in [1.29, 1.82) is 0 Å². The minimum atomic E-state index is -0.300. The average Bonchev–Trinajstić information content (AvgIpc) is 2.77. The normalized spacial score (nSPS) is 17.7. The molecule has 2 heterocycles. The monoisotopic (exact) mass is 285 g/mol. The van der Waals surface area contributed by atoms with Gasteiger partial charge in [-0.15, -0.1) is 0 Å². The molecule has 0 N–H and O–H groups in total. The van der Waals surface area contributed by atoms with Crippen molar-refractivity contribution < 1.29 is 13.9 Å². The molecule has 1 aliphatic heterocycles. The van der Waals surface area contributed by atoms with Gasteiger partial charge in [-0.3, -0.25) is 0 Å². The zero-order chi connectivity index (χ0) is 15.0. The number of ether oxygens (including phenoxy) is 1. The highest BCUT2D eigenvalue weighted by Gasteiger charge is 2.21. The number of fused-ring (bicyclic) bond motifs is 3. The van der Waals surface area contributed by atoms with Crippen molar-refractivity contribution in [2.45, 2.75) is 19.8 Å². The number of rotatable bonds is 1. The standard InChI is InChI=1S/C17H19NO3/c1-11-4-5-13-14-6-7-18(2)10-12(17(19)20-3)9-16(14)21-15(13)8-11/h4-5,8,10H,6-7,9H2,1-3H3/b12-10+. The van der Waals surface area contributed by atoms with Gasteiger partial charge in [-0.2, -0.15) is 0 Å². The summed E-state index contributed by atoms with van der Waals surface area (Å²) >= 11 is 0. The van der Waals surface area contributed by atoms with E-state index in [-0.39, 0.29) is 5.97 Å². The minimum Gasteiger partial charge on any atom is -0.466 e. The lowest BCUT2D eigenvalue weighted by atomic mass is 10.0. The predicted molar refractivity (Wildman–Crippen MR) is 81.1 cm³/mol. The third kappa shape index (κ3) is 2.53. The van der Waals surface area contributed by atoms with E-state index in [0.717, 1.165) is 29.7 Å². The minimum absolute atomic E-state index is 0.300. The quantitative estimate of drug-likeness (QED) is 0.756. The maximum atomic E-state index is 11.9. The van der Waals surface area contributed by atoms with Crippen LogP contribution in [0.5, 0.6) is 0 Å². The molecule has 110 valence electrons. The number of carbonyl (C=O) groups excluding carboxylic acids is 1. The Morgan fingerprint density at radius 3 is 2.95 bits per heavy atom. The molecule has 4 nitrogen and oxygen atoms in total. The van der Waals surface area contributed by atoms with E-state index >= 15 is 0 Å². The zero-order valence-corrected chi connectivity index (χ0v) is 12.6. The fourth-order valence-corrected chi connectivity index (χ4v) is 2.82. The number of carbonyl (C=O) groups is 1. The van der Waals surface area contributed by atoms with Crippen LogP contribution in [0, 0.1) is 6.92 Å². The Labute approximate surface area is 124 Å². The van der Waals surface area contributed by atoms with Gasteiger partial charge >= 0.3 is 5.97 Å². The van der Waals surface area contributed by atoms with Crippen molar-refractivity contribution in [1.82, 2.24) is 4.90 Å². The molecule has 2 aromatic rings. The number of furan rings is 1. The molecule has 21 heavy (non-hydrogen) atoms. The van der Waals surface area contributed by atoms with Crippen LogP contribution < -0.4 is 0 Å². The number of methoxy groups -OCH3 is 1. The number of benzene rings is 1. The largest absolute Gasteiger partial charge is 0.466 e. The summed E-state index contributed by atoms with van der Waals surface area (Å²) in [5, 5.41) is 1.15. The summed E-state index contributed by atoms with van der Waals surface area (Å²) in [6.45, 7) is 2.89. The Bertz CT molecular complexity index is 727. The van der Waals surface area contributed by atoms with E-state index in [0.29, 0.717) is 12.0 Å². The summed E-state index contributed by atoms with van der Waals surface area (Å²) in [5.74, 6) is 0.576. The first-order chi connectivity index (χ1) is 10.1. The van der Waals surface area contributed by atoms with E-state index in [2.05, 4.69) is 12.1 Å². The topological polar surface area (TPSA) is 42.7 Å². The maximum absolute atomic E-state index is 11.9. The predicted octanol–water partition coefficient (Wildman–Crippen LogP) is 2.83. The highest BCUT2D eigenvalue weighted by molar-refractivity contribution is 5.89. The molecule has 0 fully saturated rings. The van der Waals surface area contributed by atoms with Crippen LogP contribution in [-0.4, -0.2) is 31.6 Å². The van der Waals surface area contributed by atoms with Crippen LogP contribution in [0.1, 0.15) is 16.9 Å². The van der Waals surface area contributed by atoms with Gasteiger partial charge in [-0.25, -0.2) is 4.79 Å². The molecule has 1 aliphatic rings. The smallest absolute Gasteiger partial charge is 0.335 e. The molecule has 1 aromatic carbocycles. The Hall–Kier alpha value is -2.23. The van der Waals surface area contributed by atoms with E-state index in [1.165, 1.54) is 18.2 Å². The van der Waals surface area contributed by atoms with Crippen molar-refractivity contribution in [3.05, 3.63) is 46.9 Å². The summed E-state index contributed by atoms with van der Waals surface area (Å²) in [5.41, 5.74) is 3.89. The number of hydrogen-bond acceptors (Lipinski definition) is 4. The molecule has 0 unspecified atom stereocenters. The number of hydrogen-bond donors (Lipinski definition) is 0. The maximum Gasteiger partial charge on any atom is 0.335 e. The zero-order valence-electron chi connectivity index (χ0n) is 12.6. The van der Waals surface area contributed by atoms with Gasteiger partial charge in [0.25, 0.3) is 0 Å². The van der Waals surface area contributed by atoms with Crippen molar-refractivity contribution in [3.8, 4) is 0 Å². The van der Waals surface area contributed by atoms with Crippen LogP contribution in [-0.2, 0) is 22.4 Å². The highest BCUT2D eigenvalue weighted by Crippen LogP contribution is 2.30. The summed E-state index contributed by atoms with van der Waals surface area (Å²) in [6.07, 6.45) is 3.24. The van der Waals surface area contributed by atoms with E-state index in [1.807, 2.05) is 31.1 Å². The summed E-state index contributed by atoms with van der Waals surface area (Å²) in [4.78, 5) is 13.9. The van der Waals surface area contributed by atoms with Crippen LogP contribution >= 0.6 is 0 Å². The van der Waals surface area contributed by atoms with Crippen LogP contribution in [0.15, 0.2) is 34.4 Å². The van der Waals surface area contributed by atoms with Gasteiger partial charge in [-0.05, 0) is 25.0 Å². The van der Waals surface area contributed by atoms with Gasteiger partial charge in [0.15, 0.2) is 0 Å². The van der Waals surface area contributed by atoms with E-state index in [4.69, 9.17) is 9.15 Å². The van der Waals surface area contributed by atoms with Crippen LogP contribution in [0.4, 0.5) is 0 Å². The van der Waals surface area contributed by atoms with Gasteiger partial charge < -0.3 is 14.1 Å². The van der Waals surface area contributed by atoms with Gasteiger partial charge in [0.05, 0.1) is 12.7 Å².